The lowest BCUT2D eigenvalue weighted by Gasteiger charge is -2.33. The largest absolute Gasteiger partial charge is 0.444 e. The summed E-state index contributed by atoms with van der Waals surface area (Å²) in [5, 5.41) is 7.76. The summed E-state index contributed by atoms with van der Waals surface area (Å²) in [6, 6.07) is 6.71. The molecule has 2 heterocycles. The molecule has 1 amide bonds. The Labute approximate surface area is 159 Å². The third-order valence-corrected chi connectivity index (χ3v) is 4.50. The summed E-state index contributed by atoms with van der Waals surface area (Å²) >= 11 is 0. The number of carbonyl (C=O) groups is 1. The first-order chi connectivity index (χ1) is 12.8. The minimum atomic E-state index is -0.471. The van der Waals surface area contributed by atoms with E-state index < -0.39 is 5.60 Å². The van der Waals surface area contributed by atoms with Gasteiger partial charge in [-0.05, 0) is 51.3 Å². The number of aromatic nitrogens is 2. The number of halogens is 1. The highest BCUT2D eigenvalue weighted by atomic mass is 19.1. The van der Waals surface area contributed by atoms with E-state index >= 15 is 0 Å². The predicted octanol–water partition coefficient (Wildman–Crippen LogP) is 4.21. The van der Waals surface area contributed by atoms with Crippen molar-refractivity contribution in [3.05, 3.63) is 48.0 Å². The number of benzene rings is 1. The van der Waals surface area contributed by atoms with E-state index in [9.17, 15) is 9.18 Å². The molecule has 1 fully saturated rings. The van der Waals surface area contributed by atoms with Gasteiger partial charge in [0.2, 0.25) is 0 Å². The van der Waals surface area contributed by atoms with Gasteiger partial charge in [0.25, 0.3) is 0 Å². The Morgan fingerprint density at radius 2 is 1.93 bits per heavy atom. The van der Waals surface area contributed by atoms with E-state index in [0.29, 0.717) is 19.6 Å². The Morgan fingerprint density at radius 1 is 1.26 bits per heavy atom. The van der Waals surface area contributed by atoms with Gasteiger partial charge in [-0.15, -0.1) is 0 Å². The Bertz CT molecular complexity index is 759. The summed E-state index contributed by atoms with van der Waals surface area (Å²) in [7, 11) is 0. The molecule has 7 heteroatoms. The zero-order valence-electron chi connectivity index (χ0n) is 16.1. The summed E-state index contributed by atoms with van der Waals surface area (Å²) in [5.41, 5.74) is 1.46. The van der Waals surface area contributed by atoms with Crippen LogP contribution >= 0.6 is 0 Å². The van der Waals surface area contributed by atoms with Crippen LogP contribution in [0.4, 0.5) is 14.9 Å². The van der Waals surface area contributed by atoms with E-state index in [-0.39, 0.29) is 18.0 Å². The molecular weight excluding hydrogens is 347 g/mol. The maximum absolute atomic E-state index is 13.0. The van der Waals surface area contributed by atoms with E-state index in [1.54, 1.807) is 23.2 Å². The van der Waals surface area contributed by atoms with Gasteiger partial charge < -0.3 is 15.0 Å². The molecule has 1 aromatic heterocycles. The van der Waals surface area contributed by atoms with Crippen molar-refractivity contribution in [3.8, 4) is 0 Å². The lowest BCUT2D eigenvalue weighted by Crippen LogP contribution is -2.42. The molecule has 6 nitrogen and oxygen atoms in total. The molecule has 0 unspecified atom stereocenters. The van der Waals surface area contributed by atoms with Gasteiger partial charge in [-0.3, -0.25) is 4.68 Å². The van der Waals surface area contributed by atoms with Crippen LogP contribution in [0.15, 0.2) is 36.7 Å². The van der Waals surface area contributed by atoms with Crippen molar-refractivity contribution in [1.29, 1.82) is 0 Å². The van der Waals surface area contributed by atoms with E-state index in [0.717, 1.165) is 24.1 Å². The first-order valence-corrected chi connectivity index (χ1v) is 9.30. The molecule has 0 radical (unpaired) electrons. The lowest BCUT2D eigenvalue weighted by molar-refractivity contribution is 0.0185. The third-order valence-electron chi connectivity index (χ3n) is 4.50. The highest BCUT2D eigenvalue weighted by Crippen LogP contribution is 2.24. The van der Waals surface area contributed by atoms with Gasteiger partial charge in [-0.1, -0.05) is 12.1 Å². The summed E-state index contributed by atoms with van der Waals surface area (Å²) in [6.45, 7) is 7.57. The average Bonchev–Trinajstić information content (AvgIpc) is 3.09. The van der Waals surface area contributed by atoms with Crippen LogP contribution in [-0.2, 0) is 11.3 Å². The second-order valence-electron chi connectivity index (χ2n) is 7.89. The molecular formula is C20H27FN4O2. The van der Waals surface area contributed by atoms with Gasteiger partial charge in [0, 0.05) is 25.8 Å². The van der Waals surface area contributed by atoms with Gasteiger partial charge in [0.15, 0.2) is 0 Å². The molecule has 1 saturated heterocycles. The molecule has 1 aliphatic heterocycles. The van der Waals surface area contributed by atoms with E-state index in [4.69, 9.17) is 4.74 Å². The number of hydrogen-bond acceptors (Lipinski definition) is 4. The zero-order chi connectivity index (χ0) is 19.4. The molecule has 0 bridgehead atoms. The highest BCUT2D eigenvalue weighted by molar-refractivity contribution is 5.68. The van der Waals surface area contributed by atoms with Gasteiger partial charge in [-0.2, -0.15) is 5.10 Å². The molecule has 1 N–H and O–H groups in total. The van der Waals surface area contributed by atoms with Crippen LogP contribution in [0.2, 0.25) is 0 Å². The van der Waals surface area contributed by atoms with Gasteiger partial charge in [0.1, 0.15) is 11.4 Å². The van der Waals surface area contributed by atoms with Crippen LogP contribution in [0.5, 0.6) is 0 Å². The standard InChI is InChI=1S/C20H27FN4O2/c1-20(2,3)27-19(26)24-10-8-18(9-11-24)25-14-17(13-23-25)22-12-15-4-6-16(21)7-5-15/h4-7,13-14,18,22H,8-12H2,1-3H3. The van der Waals surface area contributed by atoms with E-state index in [1.807, 2.05) is 31.6 Å². The number of hydrogen-bond donors (Lipinski definition) is 1. The molecule has 146 valence electrons. The van der Waals surface area contributed by atoms with Crippen molar-refractivity contribution in [2.24, 2.45) is 0 Å². The van der Waals surface area contributed by atoms with Crippen LogP contribution in [0, 0.1) is 5.82 Å². The average molecular weight is 374 g/mol. The fourth-order valence-corrected chi connectivity index (χ4v) is 3.07. The first-order valence-electron chi connectivity index (χ1n) is 9.30. The molecule has 1 aliphatic rings. The molecule has 3 rings (SSSR count). The van der Waals surface area contributed by atoms with Crippen LogP contribution in [0.1, 0.15) is 45.2 Å². The fourth-order valence-electron chi connectivity index (χ4n) is 3.07. The number of nitrogens with zero attached hydrogens (tertiary/aromatic N) is 3. The number of nitrogens with one attached hydrogen (secondary N) is 1. The highest BCUT2D eigenvalue weighted by Gasteiger charge is 2.27. The lowest BCUT2D eigenvalue weighted by atomic mass is 10.1. The van der Waals surface area contributed by atoms with Gasteiger partial charge in [0.05, 0.1) is 17.9 Å². The Morgan fingerprint density at radius 3 is 2.56 bits per heavy atom. The molecule has 1 aromatic carbocycles. The molecule has 0 saturated carbocycles. The van der Waals surface area contributed by atoms with Crippen LogP contribution in [-0.4, -0.2) is 39.5 Å². The molecule has 0 atom stereocenters. The van der Waals surface area contributed by atoms with E-state index in [2.05, 4.69) is 10.4 Å². The summed E-state index contributed by atoms with van der Waals surface area (Å²) < 4.78 is 20.3. The smallest absolute Gasteiger partial charge is 0.410 e. The number of anilines is 1. The van der Waals surface area contributed by atoms with E-state index in [1.165, 1.54) is 12.1 Å². The molecule has 2 aromatic rings. The predicted molar refractivity (Wildman–Crippen MR) is 102 cm³/mol. The summed E-state index contributed by atoms with van der Waals surface area (Å²) in [5.74, 6) is -0.232. The van der Waals surface area contributed by atoms with Gasteiger partial charge in [-0.25, -0.2) is 9.18 Å². The Kier molecular flexibility index (Phi) is 5.68. The van der Waals surface area contributed by atoms with Crippen LogP contribution in [0.3, 0.4) is 0 Å². The second kappa shape index (κ2) is 7.98. The Balaban J connectivity index is 1.49. The first kappa shape index (κ1) is 19.2. The monoisotopic (exact) mass is 374 g/mol. The molecule has 27 heavy (non-hydrogen) atoms. The van der Waals surface area contributed by atoms with Crippen molar-refractivity contribution >= 4 is 11.8 Å². The number of carbonyl (C=O) groups excluding carboxylic acids is 1. The number of amides is 1. The van der Waals surface area contributed by atoms with Crippen LogP contribution in [0.25, 0.3) is 0 Å². The SMILES string of the molecule is CC(C)(C)OC(=O)N1CCC(n2cc(NCc3ccc(F)cc3)cn2)CC1. The van der Waals surface area contributed by atoms with Crippen molar-refractivity contribution in [3.63, 3.8) is 0 Å². The molecule has 0 aliphatic carbocycles. The van der Waals surface area contributed by atoms with Crippen molar-refractivity contribution < 1.29 is 13.9 Å². The maximum Gasteiger partial charge on any atom is 0.410 e. The number of ether oxygens (including phenoxy) is 1. The van der Waals surface area contributed by atoms with Crippen molar-refractivity contribution in [2.75, 3.05) is 18.4 Å². The summed E-state index contributed by atoms with van der Waals surface area (Å²) in [6.07, 6.45) is 5.22. The minimum Gasteiger partial charge on any atom is -0.444 e. The Hall–Kier alpha value is -2.57. The summed E-state index contributed by atoms with van der Waals surface area (Å²) in [4.78, 5) is 13.9. The van der Waals surface area contributed by atoms with Crippen molar-refractivity contribution in [2.45, 2.75) is 51.8 Å². The maximum atomic E-state index is 13.0. The number of piperidine rings is 1. The van der Waals surface area contributed by atoms with Crippen molar-refractivity contribution in [1.82, 2.24) is 14.7 Å². The van der Waals surface area contributed by atoms with Gasteiger partial charge >= 0.3 is 6.09 Å². The normalized spacial score (nSPS) is 15.6. The fraction of sp³-hybridized carbons (Fsp3) is 0.500. The number of rotatable bonds is 4. The second-order valence-corrected chi connectivity index (χ2v) is 7.89. The molecule has 0 spiro atoms. The zero-order valence-corrected chi connectivity index (χ0v) is 16.1. The number of likely N-dealkylation sites (tertiary alicyclic amines) is 1. The van der Waals surface area contributed by atoms with Crippen LogP contribution < -0.4 is 5.32 Å². The minimum absolute atomic E-state index is 0.232. The quantitative estimate of drug-likeness (QED) is 0.871. The third kappa shape index (κ3) is 5.45. The topological polar surface area (TPSA) is 59.4 Å².